The average Bonchev–Trinajstić information content (AvgIpc) is 2.09. The Hall–Kier alpha value is -1.16. The second-order valence-corrected chi connectivity index (χ2v) is 4.00. The molecule has 0 atom stereocenters. The number of unbranched alkanes of at least 4 members (excludes halogenated alkanes) is 1. The van der Waals surface area contributed by atoms with Crippen molar-refractivity contribution in [2.75, 3.05) is 0 Å². The molecule has 0 unspecified atom stereocenters. The zero-order chi connectivity index (χ0) is 16.4. The summed E-state index contributed by atoms with van der Waals surface area (Å²) in [5.74, 6) is -1.53. The summed E-state index contributed by atoms with van der Waals surface area (Å²) in [4.78, 5) is 10.0. The number of alkyl halides is 9. The summed E-state index contributed by atoms with van der Waals surface area (Å²) >= 11 is 0. The molecule has 0 aromatic rings. The lowest BCUT2D eigenvalue weighted by atomic mass is 9.80. The number of hydrogen-bond donors (Lipinski definition) is 1. The summed E-state index contributed by atoms with van der Waals surface area (Å²) in [6.07, 6.45) is -24.7. The molecule has 0 aliphatic rings. The Morgan fingerprint density at radius 3 is 1.35 bits per heavy atom. The number of aliphatic carboxylic acids is 1. The molecule has 0 aliphatic heterocycles. The Balaban J connectivity index is 5.41. The first-order valence-corrected chi connectivity index (χ1v) is 5.09. The second kappa shape index (κ2) is 5.68. The van der Waals surface area contributed by atoms with Gasteiger partial charge in [0, 0.05) is 6.42 Å². The molecule has 1 N–H and O–H groups in total. The van der Waals surface area contributed by atoms with E-state index in [4.69, 9.17) is 5.11 Å². The van der Waals surface area contributed by atoms with Crippen LogP contribution in [0.3, 0.4) is 0 Å². The van der Waals surface area contributed by atoms with Crippen LogP contribution >= 0.6 is 0 Å². The molecular formula is C9H9F9O2. The number of carbonyl (C=O) groups is 1. The van der Waals surface area contributed by atoms with Gasteiger partial charge in [-0.1, -0.05) is 6.42 Å². The van der Waals surface area contributed by atoms with Gasteiger partial charge in [-0.15, -0.1) is 0 Å². The van der Waals surface area contributed by atoms with Gasteiger partial charge in [0.25, 0.3) is 5.41 Å². The summed E-state index contributed by atoms with van der Waals surface area (Å²) in [6.45, 7) is 0. The molecule has 11 heteroatoms. The monoisotopic (exact) mass is 320 g/mol. The van der Waals surface area contributed by atoms with E-state index in [1.165, 1.54) is 0 Å². The van der Waals surface area contributed by atoms with E-state index < -0.39 is 55.6 Å². The van der Waals surface area contributed by atoms with Gasteiger partial charge in [-0.25, -0.2) is 0 Å². The van der Waals surface area contributed by atoms with Crippen LogP contribution in [0, 0.1) is 5.41 Å². The van der Waals surface area contributed by atoms with Gasteiger partial charge in [0.2, 0.25) is 0 Å². The highest BCUT2D eigenvalue weighted by atomic mass is 19.4. The van der Waals surface area contributed by atoms with Crippen molar-refractivity contribution in [2.24, 2.45) is 5.41 Å². The molecule has 0 aliphatic carbocycles. The molecule has 20 heavy (non-hydrogen) atoms. The van der Waals surface area contributed by atoms with Gasteiger partial charge in [0.15, 0.2) is 0 Å². The van der Waals surface area contributed by atoms with E-state index in [1.807, 2.05) is 0 Å². The van der Waals surface area contributed by atoms with Gasteiger partial charge in [0.1, 0.15) is 0 Å². The third kappa shape index (κ3) is 3.69. The lowest BCUT2D eigenvalue weighted by Crippen LogP contribution is -2.59. The van der Waals surface area contributed by atoms with Crippen LogP contribution in [0.1, 0.15) is 25.7 Å². The van der Waals surface area contributed by atoms with Crippen LogP contribution in [-0.4, -0.2) is 29.6 Å². The topological polar surface area (TPSA) is 37.3 Å². The van der Waals surface area contributed by atoms with Crippen LogP contribution in [0.5, 0.6) is 0 Å². The molecule has 0 heterocycles. The molecule has 120 valence electrons. The van der Waals surface area contributed by atoms with Gasteiger partial charge < -0.3 is 5.11 Å². The summed E-state index contributed by atoms with van der Waals surface area (Å²) in [7, 11) is 0. The largest absolute Gasteiger partial charge is 0.481 e. The molecule has 0 amide bonds. The van der Waals surface area contributed by atoms with Crippen molar-refractivity contribution in [1.82, 2.24) is 0 Å². The predicted octanol–water partition coefficient (Wildman–Crippen LogP) is 4.30. The second-order valence-electron chi connectivity index (χ2n) is 4.00. The fourth-order valence-electron chi connectivity index (χ4n) is 1.57. The highest BCUT2D eigenvalue weighted by Gasteiger charge is 2.82. The molecule has 0 saturated heterocycles. The zero-order valence-corrected chi connectivity index (χ0v) is 9.59. The van der Waals surface area contributed by atoms with Crippen LogP contribution < -0.4 is 0 Å². The Bertz CT molecular complexity index is 303. The van der Waals surface area contributed by atoms with Gasteiger partial charge in [-0.05, 0) is 12.8 Å². The fourth-order valence-corrected chi connectivity index (χ4v) is 1.57. The first-order valence-electron chi connectivity index (χ1n) is 5.09. The Kier molecular flexibility index (Phi) is 5.35. The standard InChI is InChI=1S/C9H9F9O2/c10-7(11,12)6(8(13,14)15,9(16,17)18)4-2-1-3-5(19)20/h1-4H2,(H,19,20). The van der Waals surface area contributed by atoms with Crippen LogP contribution in [0.25, 0.3) is 0 Å². The van der Waals surface area contributed by atoms with E-state index >= 15 is 0 Å². The van der Waals surface area contributed by atoms with E-state index in [0.717, 1.165) is 0 Å². The lowest BCUT2D eigenvalue weighted by Gasteiger charge is -2.38. The van der Waals surface area contributed by atoms with Crippen molar-refractivity contribution in [3.05, 3.63) is 0 Å². The maximum atomic E-state index is 12.4. The smallest absolute Gasteiger partial charge is 0.412 e. The van der Waals surface area contributed by atoms with Crippen LogP contribution in [0.2, 0.25) is 0 Å². The first kappa shape index (κ1) is 18.8. The zero-order valence-electron chi connectivity index (χ0n) is 9.59. The summed E-state index contributed by atoms with van der Waals surface area (Å²) in [6, 6.07) is 0. The van der Waals surface area contributed by atoms with Crippen molar-refractivity contribution in [1.29, 1.82) is 0 Å². The number of halogens is 9. The van der Waals surface area contributed by atoms with E-state index in [9.17, 15) is 44.3 Å². The normalized spacial score (nSPS) is 14.4. The molecule has 0 fully saturated rings. The molecule has 0 radical (unpaired) electrons. The molecule has 0 spiro atoms. The van der Waals surface area contributed by atoms with Crippen LogP contribution in [0.15, 0.2) is 0 Å². The Labute approximate surface area is 106 Å². The quantitative estimate of drug-likeness (QED) is 0.605. The van der Waals surface area contributed by atoms with E-state index in [-0.39, 0.29) is 0 Å². The third-order valence-corrected chi connectivity index (χ3v) is 2.64. The van der Waals surface area contributed by atoms with Crippen LogP contribution in [-0.2, 0) is 4.79 Å². The number of hydrogen-bond acceptors (Lipinski definition) is 1. The maximum Gasteiger partial charge on any atom is 0.412 e. The van der Waals surface area contributed by atoms with Gasteiger partial charge in [0.05, 0.1) is 0 Å². The molecule has 0 rings (SSSR count). The summed E-state index contributed by atoms with van der Waals surface area (Å²) in [5, 5.41) is 8.16. The van der Waals surface area contributed by atoms with Crippen molar-refractivity contribution in [3.63, 3.8) is 0 Å². The Morgan fingerprint density at radius 1 is 0.750 bits per heavy atom. The number of rotatable bonds is 5. The lowest BCUT2D eigenvalue weighted by molar-refractivity contribution is -0.429. The minimum Gasteiger partial charge on any atom is -0.481 e. The Morgan fingerprint density at radius 2 is 1.10 bits per heavy atom. The minimum absolute atomic E-state index is 0.723. The van der Waals surface area contributed by atoms with Crippen molar-refractivity contribution in [3.8, 4) is 0 Å². The molecule has 0 bridgehead atoms. The highest BCUT2D eigenvalue weighted by Crippen LogP contribution is 2.61. The number of carboxylic acid groups (broad SMARTS) is 1. The molecule has 2 nitrogen and oxygen atoms in total. The first-order chi connectivity index (χ1) is 8.67. The minimum atomic E-state index is -6.58. The van der Waals surface area contributed by atoms with Gasteiger partial charge in [-0.2, -0.15) is 39.5 Å². The van der Waals surface area contributed by atoms with Crippen molar-refractivity contribution >= 4 is 5.97 Å². The van der Waals surface area contributed by atoms with E-state index in [1.54, 1.807) is 0 Å². The third-order valence-electron chi connectivity index (χ3n) is 2.64. The highest BCUT2D eigenvalue weighted by molar-refractivity contribution is 5.66. The van der Waals surface area contributed by atoms with Crippen molar-refractivity contribution < 1.29 is 49.4 Å². The fraction of sp³-hybridized carbons (Fsp3) is 0.889. The molecule has 0 saturated carbocycles. The predicted molar refractivity (Wildman–Crippen MR) is 46.7 cm³/mol. The molecular weight excluding hydrogens is 311 g/mol. The van der Waals surface area contributed by atoms with Crippen molar-refractivity contribution in [2.45, 2.75) is 44.2 Å². The van der Waals surface area contributed by atoms with Gasteiger partial charge >= 0.3 is 24.5 Å². The maximum absolute atomic E-state index is 12.4. The summed E-state index contributed by atoms with van der Waals surface area (Å²) < 4.78 is 112. The number of carboxylic acids is 1. The summed E-state index contributed by atoms with van der Waals surface area (Å²) in [5.41, 5.74) is -5.84. The molecule has 0 aromatic carbocycles. The van der Waals surface area contributed by atoms with E-state index in [2.05, 4.69) is 0 Å². The van der Waals surface area contributed by atoms with Crippen LogP contribution in [0.4, 0.5) is 39.5 Å². The SMILES string of the molecule is O=C(O)CCCCC(C(F)(F)F)(C(F)(F)F)C(F)(F)F. The average molecular weight is 320 g/mol. The molecule has 0 aromatic heterocycles. The van der Waals surface area contributed by atoms with E-state index in [0.29, 0.717) is 0 Å². The van der Waals surface area contributed by atoms with Gasteiger partial charge in [-0.3, -0.25) is 4.79 Å².